The summed E-state index contributed by atoms with van der Waals surface area (Å²) in [6, 6.07) is 19.1. The number of nitrogen functional groups attached to an aromatic ring is 1. The average molecular weight is 883 g/mol. The number of alkyl halides is 1. The third-order valence-electron chi connectivity index (χ3n) is 10.7. The van der Waals surface area contributed by atoms with Gasteiger partial charge in [-0.05, 0) is 69.7 Å². The Morgan fingerprint density at radius 1 is 0.565 bits per heavy atom. The number of carbonyl (C=O) groups is 3. The molecule has 3 aromatic rings. The molecule has 0 aromatic heterocycles. The molecule has 3 N–H and O–H groups in total. The Hall–Kier alpha value is -5.28. The lowest BCUT2D eigenvalue weighted by Crippen LogP contribution is -2.48. The molecular formula is C42H63ClN12O7. The molecule has 340 valence electrons. The van der Waals surface area contributed by atoms with Crippen molar-refractivity contribution in [3.63, 3.8) is 0 Å². The van der Waals surface area contributed by atoms with Crippen LogP contribution in [0.15, 0.2) is 72.8 Å². The number of hydrogen-bond acceptors (Lipinski definition) is 14. The van der Waals surface area contributed by atoms with Crippen LogP contribution in [-0.2, 0) is 14.4 Å². The summed E-state index contributed by atoms with van der Waals surface area (Å²) in [5, 5.41) is 24.3. The van der Waals surface area contributed by atoms with Crippen LogP contribution in [0.3, 0.4) is 0 Å². The fraction of sp³-hybridized carbons (Fsp3) is 0.500. The molecular weight excluding hydrogens is 820 g/mol. The first-order valence-corrected chi connectivity index (χ1v) is 20.9. The van der Waals surface area contributed by atoms with Gasteiger partial charge in [0.25, 0.3) is 11.4 Å². The number of amides is 3. The minimum atomic E-state index is -0.493. The third-order valence-corrected chi connectivity index (χ3v) is 10.9. The van der Waals surface area contributed by atoms with Gasteiger partial charge >= 0.3 is 0 Å². The number of hydrogen-bond donors (Lipinski definition) is 2. The van der Waals surface area contributed by atoms with Crippen molar-refractivity contribution in [3.8, 4) is 0 Å². The smallest absolute Gasteiger partial charge is 0.269 e. The zero-order chi connectivity index (χ0) is 45.8. The van der Waals surface area contributed by atoms with Crippen LogP contribution in [0.25, 0.3) is 0 Å². The molecule has 3 aromatic carbocycles. The summed E-state index contributed by atoms with van der Waals surface area (Å²) in [5.74, 6) is -0.263. The van der Waals surface area contributed by atoms with Crippen molar-refractivity contribution in [1.82, 2.24) is 29.8 Å². The van der Waals surface area contributed by atoms with Crippen LogP contribution >= 0.6 is 11.6 Å². The molecule has 3 saturated heterocycles. The minimum Gasteiger partial charge on any atom is -0.399 e. The molecule has 3 amide bonds. The highest BCUT2D eigenvalue weighted by Gasteiger charge is 2.21. The summed E-state index contributed by atoms with van der Waals surface area (Å²) in [6.07, 6.45) is 0. The molecule has 0 saturated carbocycles. The van der Waals surface area contributed by atoms with E-state index < -0.39 is 9.85 Å². The molecule has 3 aliphatic heterocycles. The molecule has 0 radical (unpaired) electrons. The first-order valence-electron chi connectivity index (χ1n) is 20.4. The Labute approximate surface area is 369 Å². The number of anilines is 4. The number of halogens is 1. The maximum atomic E-state index is 12.2. The molecule has 0 spiro atoms. The van der Waals surface area contributed by atoms with Gasteiger partial charge in [0.15, 0.2) is 0 Å². The topological polar surface area (TPSA) is 201 Å². The number of piperazine rings is 3. The van der Waals surface area contributed by atoms with Crippen LogP contribution in [0.5, 0.6) is 0 Å². The van der Waals surface area contributed by atoms with Crippen molar-refractivity contribution in [2.24, 2.45) is 0 Å². The number of nitro benzene ring substituents is 2. The van der Waals surface area contributed by atoms with Gasteiger partial charge in [0.05, 0.1) is 22.9 Å². The van der Waals surface area contributed by atoms with Gasteiger partial charge in [-0.15, -0.1) is 11.6 Å². The van der Waals surface area contributed by atoms with Crippen molar-refractivity contribution >= 4 is 63.4 Å². The number of likely N-dealkylation sites (N-methyl/N-ethyl adjacent to an activating group) is 5. The highest BCUT2D eigenvalue weighted by molar-refractivity contribution is 6.29. The normalized spacial score (nSPS) is 16.2. The lowest BCUT2D eigenvalue weighted by molar-refractivity contribution is -0.385. The van der Waals surface area contributed by atoms with E-state index in [-0.39, 0.29) is 35.0 Å². The summed E-state index contributed by atoms with van der Waals surface area (Å²) in [5.41, 5.74) is 8.50. The van der Waals surface area contributed by atoms with Crippen molar-refractivity contribution in [1.29, 1.82) is 0 Å². The molecule has 62 heavy (non-hydrogen) atoms. The van der Waals surface area contributed by atoms with E-state index in [0.29, 0.717) is 30.2 Å². The molecule has 0 unspecified atom stereocenters. The first kappa shape index (κ1) is 51.1. The van der Waals surface area contributed by atoms with Crippen molar-refractivity contribution in [2.45, 2.75) is 0 Å². The summed E-state index contributed by atoms with van der Waals surface area (Å²) < 4.78 is 0. The van der Waals surface area contributed by atoms with E-state index in [2.05, 4.69) is 51.0 Å². The highest BCUT2D eigenvalue weighted by Crippen LogP contribution is 2.20. The van der Waals surface area contributed by atoms with Gasteiger partial charge in [0, 0.05) is 147 Å². The second-order valence-corrected chi connectivity index (χ2v) is 15.6. The van der Waals surface area contributed by atoms with Crippen molar-refractivity contribution in [2.75, 3.05) is 160 Å². The molecule has 3 heterocycles. The zero-order valence-electron chi connectivity index (χ0n) is 36.8. The summed E-state index contributed by atoms with van der Waals surface area (Å²) in [6.45, 7) is 13.3. The maximum absolute atomic E-state index is 12.2. The lowest BCUT2D eigenvalue weighted by atomic mass is 10.2. The quantitative estimate of drug-likeness (QED) is 0.130. The van der Waals surface area contributed by atoms with E-state index in [1.54, 1.807) is 36.0 Å². The number of nitrogens with zero attached hydrogens (tertiary/aromatic N) is 10. The number of benzene rings is 3. The summed E-state index contributed by atoms with van der Waals surface area (Å²) in [4.78, 5) is 71.5. The number of nitro groups is 2. The SMILES string of the molecule is CN(C(=O)CCl)c1ccc([N+](=O)[O-])cc1.CN1CCN(CC(=O)N(C)c2ccc(N)cc2)CC1.CN1CCN(CC(=O)N(C)c2ccc([N+](=O)[O-])cc2)CC1.CN1CCNCC1. The van der Waals surface area contributed by atoms with Gasteiger partial charge in [0.2, 0.25) is 17.7 Å². The van der Waals surface area contributed by atoms with Crippen molar-refractivity contribution < 1.29 is 24.2 Å². The molecule has 0 atom stereocenters. The Morgan fingerprint density at radius 2 is 0.871 bits per heavy atom. The first-order chi connectivity index (χ1) is 29.5. The minimum absolute atomic E-state index is 0.00611. The molecule has 3 fully saturated rings. The van der Waals surface area contributed by atoms with E-state index in [0.717, 1.165) is 71.1 Å². The number of non-ortho nitro benzene ring substituents is 2. The van der Waals surface area contributed by atoms with Crippen molar-refractivity contribution in [3.05, 3.63) is 93.0 Å². The lowest BCUT2D eigenvalue weighted by Gasteiger charge is -2.32. The zero-order valence-corrected chi connectivity index (χ0v) is 37.6. The van der Waals surface area contributed by atoms with Crippen LogP contribution in [0.4, 0.5) is 34.1 Å². The summed E-state index contributed by atoms with van der Waals surface area (Å²) >= 11 is 5.38. The predicted molar refractivity (Wildman–Crippen MR) is 246 cm³/mol. The van der Waals surface area contributed by atoms with Gasteiger partial charge in [-0.25, -0.2) is 0 Å². The second-order valence-electron chi connectivity index (χ2n) is 15.3. The van der Waals surface area contributed by atoms with E-state index in [1.165, 1.54) is 54.4 Å². The molecule has 19 nitrogen and oxygen atoms in total. The third kappa shape index (κ3) is 17.6. The molecule has 0 bridgehead atoms. The second kappa shape index (κ2) is 26.3. The van der Waals surface area contributed by atoms with Crippen LogP contribution in [0.2, 0.25) is 0 Å². The van der Waals surface area contributed by atoms with Gasteiger partial charge in [-0.3, -0.25) is 44.4 Å². The van der Waals surface area contributed by atoms with Crippen LogP contribution in [0.1, 0.15) is 0 Å². The van der Waals surface area contributed by atoms with E-state index in [4.69, 9.17) is 17.3 Å². The van der Waals surface area contributed by atoms with Gasteiger partial charge < -0.3 is 40.4 Å². The average Bonchev–Trinajstić information content (AvgIpc) is 3.28. The number of nitrogens with one attached hydrogen (secondary N) is 1. The standard InChI is InChI=1S/C14H20N4O3.C14H22N4O.C9H9ClN2O3.C5H12N2/c1-15-7-9-17(10-8-15)11-14(19)16(2)12-3-5-13(6-4-12)18(20)21;1-16-7-9-18(10-8-16)11-14(19)17(2)13-5-3-12(15)4-6-13;1-11(9(13)6-10)7-2-4-8(5-3-7)12(14)15;1-7-4-2-6-3-5-7/h3-6H,7-11H2,1-2H3;3-6H,7-11,15H2,1-2H3;2-5H,6H2,1H3;6H,2-5H2,1H3. The highest BCUT2D eigenvalue weighted by atomic mass is 35.5. The van der Waals surface area contributed by atoms with Gasteiger partial charge in [-0.1, -0.05) is 0 Å². The predicted octanol–water partition coefficient (Wildman–Crippen LogP) is 2.60. The van der Waals surface area contributed by atoms with Gasteiger partial charge in [0.1, 0.15) is 5.88 Å². The van der Waals surface area contributed by atoms with E-state index in [9.17, 15) is 34.6 Å². The van der Waals surface area contributed by atoms with Crippen LogP contribution < -0.4 is 25.8 Å². The van der Waals surface area contributed by atoms with E-state index >= 15 is 0 Å². The van der Waals surface area contributed by atoms with Gasteiger partial charge in [-0.2, -0.15) is 0 Å². The molecule has 20 heteroatoms. The largest absolute Gasteiger partial charge is 0.399 e. The van der Waals surface area contributed by atoms with Crippen LogP contribution in [-0.4, -0.2) is 192 Å². The number of carbonyl (C=O) groups excluding carboxylic acids is 3. The monoisotopic (exact) mass is 882 g/mol. The summed E-state index contributed by atoms with van der Waals surface area (Å²) in [7, 11) is 11.4. The van der Waals surface area contributed by atoms with Crippen LogP contribution in [0, 0.1) is 20.2 Å². The maximum Gasteiger partial charge on any atom is 0.269 e. The van der Waals surface area contributed by atoms with E-state index in [1.807, 2.05) is 31.3 Å². The Kier molecular flexibility index (Phi) is 21.6. The Balaban J connectivity index is 0.000000232. The fourth-order valence-electron chi connectivity index (χ4n) is 6.20. The fourth-order valence-corrected chi connectivity index (χ4v) is 6.38. The Bertz CT molecular complexity index is 1850. The number of rotatable bonds is 10. The molecule has 3 aliphatic rings. The number of nitrogens with two attached hydrogens (primary N) is 1. The Morgan fingerprint density at radius 3 is 1.16 bits per heavy atom. The molecule has 6 rings (SSSR count). The molecule has 0 aliphatic carbocycles.